The summed E-state index contributed by atoms with van der Waals surface area (Å²) in [7, 11) is 1.52. The summed E-state index contributed by atoms with van der Waals surface area (Å²) in [6.07, 6.45) is 1.59. The topological polar surface area (TPSA) is 57.1 Å². The van der Waals surface area contributed by atoms with Crippen LogP contribution in [-0.4, -0.2) is 19.0 Å². The van der Waals surface area contributed by atoms with Crippen LogP contribution in [-0.2, 0) is 16.1 Å². The average molecular weight is 598 g/mol. The van der Waals surface area contributed by atoms with Crippen molar-refractivity contribution in [3.63, 3.8) is 0 Å². The van der Waals surface area contributed by atoms with Gasteiger partial charge in [-0.25, -0.2) is 14.2 Å². The number of benzene rings is 3. The molecular formula is C24H15Cl2FINO4. The van der Waals surface area contributed by atoms with Crippen LogP contribution in [0, 0.1) is 9.39 Å². The number of methoxy groups -OCH3 is 1. The molecule has 0 N–H and O–H groups in total. The third-order valence-electron chi connectivity index (χ3n) is 4.61. The molecule has 4 rings (SSSR count). The molecule has 1 heterocycles. The number of aliphatic imine (C=N–C) groups is 1. The molecule has 0 saturated heterocycles. The predicted molar refractivity (Wildman–Crippen MR) is 134 cm³/mol. The smallest absolute Gasteiger partial charge is 0.363 e. The van der Waals surface area contributed by atoms with E-state index in [1.165, 1.54) is 19.2 Å². The molecule has 5 nitrogen and oxygen atoms in total. The van der Waals surface area contributed by atoms with Gasteiger partial charge in [0.25, 0.3) is 0 Å². The van der Waals surface area contributed by atoms with E-state index in [1.54, 1.807) is 42.5 Å². The third kappa shape index (κ3) is 5.48. The number of nitrogens with zero attached hydrogens (tertiary/aromatic N) is 1. The summed E-state index contributed by atoms with van der Waals surface area (Å²) in [5, 5.41) is 0.723. The summed E-state index contributed by atoms with van der Waals surface area (Å²) in [4.78, 5) is 16.6. The van der Waals surface area contributed by atoms with E-state index in [4.69, 9.17) is 37.4 Å². The summed E-state index contributed by atoms with van der Waals surface area (Å²) in [6.45, 7) is 0.175. The number of carbonyl (C=O) groups excluding carboxylic acids is 1. The molecule has 3 aromatic rings. The Morgan fingerprint density at radius 3 is 2.67 bits per heavy atom. The molecule has 1 aliphatic rings. The highest BCUT2D eigenvalue weighted by Crippen LogP contribution is 2.36. The molecule has 168 valence electrons. The van der Waals surface area contributed by atoms with E-state index in [1.807, 2.05) is 6.07 Å². The zero-order chi connectivity index (χ0) is 23.5. The second-order valence-corrected chi connectivity index (χ2v) is 8.89. The molecule has 0 aromatic heterocycles. The van der Waals surface area contributed by atoms with Crippen molar-refractivity contribution in [3.8, 4) is 11.5 Å². The van der Waals surface area contributed by atoms with E-state index in [0.717, 1.165) is 3.57 Å². The molecular weight excluding hydrogens is 583 g/mol. The summed E-state index contributed by atoms with van der Waals surface area (Å²) in [5.74, 6) is 0.200. The first-order valence-electron chi connectivity index (χ1n) is 9.57. The quantitative estimate of drug-likeness (QED) is 0.181. The number of halogens is 4. The first-order chi connectivity index (χ1) is 15.8. The Balaban J connectivity index is 1.59. The van der Waals surface area contributed by atoms with E-state index in [2.05, 4.69) is 27.6 Å². The normalized spacial score (nSPS) is 14.3. The van der Waals surface area contributed by atoms with Crippen molar-refractivity contribution < 1.29 is 23.4 Å². The maximum Gasteiger partial charge on any atom is 0.363 e. The van der Waals surface area contributed by atoms with Crippen LogP contribution >= 0.6 is 45.8 Å². The van der Waals surface area contributed by atoms with E-state index in [9.17, 15) is 9.18 Å². The van der Waals surface area contributed by atoms with E-state index < -0.39 is 5.97 Å². The Kier molecular flexibility index (Phi) is 7.21. The zero-order valence-corrected chi connectivity index (χ0v) is 20.7. The molecule has 9 heteroatoms. The van der Waals surface area contributed by atoms with Crippen molar-refractivity contribution in [1.82, 2.24) is 0 Å². The lowest BCUT2D eigenvalue weighted by atomic mass is 10.1. The fourth-order valence-electron chi connectivity index (χ4n) is 3.07. The van der Waals surface area contributed by atoms with Crippen LogP contribution in [0.2, 0.25) is 10.0 Å². The molecule has 3 aromatic carbocycles. The molecule has 0 spiro atoms. The molecule has 0 bridgehead atoms. The van der Waals surface area contributed by atoms with Gasteiger partial charge in [0.05, 0.1) is 20.7 Å². The number of hydrogen-bond acceptors (Lipinski definition) is 5. The largest absolute Gasteiger partial charge is 0.493 e. The molecule has 33 heavy (non-hydrogen) atoms. The van der Waals surface area contributed by atoms with Crippen LogP contribution in [0.5, 0.6) is 11.5 Å². The molecule has 0 fully saturated rings. The standard InChI is InChI=1S/C24H15Cl2FINO4/c1-31-21-10-14(8-19(28)22(21)32-12-13-3-2-4-16(27)7-13)9-20-24(30)33-23(29-20)15-5-6-17(25)18(26)11-15/h2-11H,12H2,1H3/b20-9-. The van der Waals surface area contributed by atoms with Gasteiger partial charge in [0.15, 0.2) is 17.2 Å². The third-order valence-corrected chi connectivity index (χ3v) is 6.15. The maximum absolute atomic E-state index is 13.4. The Hall–Kier alpha value is -2.62. The summed E-state index contributed by atoms with van der Waals surface area (Å²) in [5.41, 5.74) is 2.02. The van der Waals surface area contributed by atoms with Crippen LogP contribution in [0.1, 0.15) is 16.7 Å². The lowest BCUT2D eigenvalue weighted by Crippen LogP contribution is -2.05. The predicted octanol–water partition coefficient (Wildman–Crippen LogP) is 6.67. The second-order valence-electron chi connectivity index (χ2n) is 6.92. The monoisotopic (exact) mass is 597 g/mol. The van der Waals surface area contributed by atoms with Crippen molar-refractivity contribution in [1.29, 1.82) is 0 Å². The van der Waals surface area contributed by atoms with Gasteiger partial charge >= 0.3 is 5.97 Å². The number of ether oxygens (including phenoxy) is 3. The number of hydrogen-bond donors (Lipinski definition) is 0. The van der Waals surface area contributed by atoms with Gasteiger partial charge in [-0.05, 0) is 82.3 Å². The lowest BCUT2D eigenvalue weighted by Gasteiger charge is -2.14. The van der Waals surface area contributed by atoms with Gasteiger partial charge < -0.3 is 14.2 Å². The zero-order valence-electron chi connectivity index (χ0n) is 17.1. The molecule has 0 amide bonds. The van der Waals surface area contributed by atoms with Crippen molar-refractivity contribution >= 4 is 63.7 Å². The molecule has 1 aliphatic heterocycles. The number of esters is 1. The molecule has 0 radical (unpaired) electrons. The minimum absolute atomic E-state index is 0.127. The van der Waals surface area contributed by atoms with Gasteiger partial charge in [0.2, 0.25) is 5.90 Å². The Labute approximate surface area is 212 Å². The van der Waals surface area contributed by atoms with Gasteiger partial charge in [-0.15, -0.1) is 0 Å². The average Bonchev–Trinajstić information content (AvgIpc) is 3.14. The van der Waals surface area contributed by atoms with Gasteiger partial charge in [-0.2, -0.15) is 0 Å². The number of cyclic esters (lactones) is 1. The van der Waals surface area contributed by atoms with Crippen LogP contribution in [0.3, 0.4) is 0 Å². The van der Waals surface area contributed by atoms with Crippen LogP contribution in [0.15, 0.2) is 65.3 Å². The fourth-order valence-corrected chi connectivity index (χ4v) is 4.14. The Morgan fingerprint density at radius 2 is 1.94 bits per heavy atom. The minimum atomic E-state index is -0.587. The van der Waals surface area contributed by atoms with Crippen molar-refractivity contribution in [2.75, 3.05) is 7.11 Å². The van der Waals surface area contributed by atoms with E-state index in [0.29, 0.717) is 38.2 Å². The molecule has 0 unspecified atom stereocenters. The molecule has 0 saturated carbocycles. The van der Waals surface area contributed by atoms with Crippen LogP contribution in [0.4, 0.5) is 4.39 Å². The van der Waals surface area contributed by atoms with Crippen LogP contribution in [0.25, 0.3) is 6.08 Å². The van der Waals surface area contributed by atoms with Gasteiger partial charge in [-0.3, -0.25) is 0 Å². The van der Waals surface area contributed by atoms with Crippen molar-refractivity contribution in [3.05, 3.63) is 96.4 Å². The summed E-state index contributed by atoms with van der Waals surface area (Å²) >= 11 is 14.1. The Morgan fingerprint density at radius 1 is 1.12 bits per heavy atom. The van der Waals surface area contributed by atoms with Gasteiger partial charge in [0.1, 0.15) is 12.4 Å². The SMILES string of the molecule is COc1cc(/C=C2\N=C(c3ccc(Cl)c(Cl)c3)OC2=O)cc(I)c1OCc1cccc(F)c1. The van der Waals surface area contributed by atoms with Crippen molar-refractivity contribution in [2.24, 2.45) is 4.99 Å². The van der Waals surface area contributed by atoms with Gasteiger partial charge in [-0.1, -0.05) is 35.3 Å². The number of carbonyl (C=O) groups is 1. The summed E-state index contributed by atoms with van der Waals surface area (Å²) < 4.78 is 30.8. The van der Waals surface area contributed by atoms with E-state index in [-0.39, 0.29) is 24.0 Å². The summed E-state index contributed by atoms with van der Waals surface area (Å²) in [6, 6.07) is 14.6. The second kappa shape index (κ2) is 10.1. The first kappa shape index (κ1) is 23.5. The van der Waals surface area contributed by atoms with Gasteiger partial charge in [0, 0.05) is 5.56 Å². The highest BCUT2D eigenvalue weighted by atomic mass is 127. The molecule has 0 aliphatic carbocycles. The maximum atomic E-state index is 13.4. The fraction of sp³-hybridized carbons (Fsp3) is 0.0833. The highest BCUT2D eigenvalue weighted by molar-refractivity contribution is 14.1. The number of rotatable bonds is 6. The minimum Gasteiger partial charge on any atom is -0.493 e. The molecule has 0 atom stereocenters. The Bertz CT molecular complexity index is 1310. The van der Waals surface area contributed by atoms with Crippen molar-refractivity contribution in [2.45, 2.75) is 6.61 Å². The lowest BCUT2D eigenvalue weighted by molar-refractivity contribution is -0.129. The van der Waals surface area contributed by atoms with E-state index >= 15 is 0 Å². The highest BCUT2D eigenvalue weighted by Gasteiger charge is 2.25. The first-order valence-corrected chi connectivity index (χ1v) is 11.4. The van der Waals surface area contributed by atoms with Crippen LogP contribution < -0.4 is 9.47 Å².